The van der Waals surface area contributed by atoms with Crippen LogP contribution in [0.4, 0.5) is 0 Å². The van der Waals surface area contributed by atoms with E-state index in [1.807, 2.05) is 42.2 Å². The second kappa shape index (κ2) is 7.13. The zero-order valence-corrected chi connectivity index (χ0v) is 13.4. The highest BCUT2D eigenvalue weighted by Crippen LogP contribution is 2.19. The Morgan fingerprint density at radius 1 is 1.30 bits per heavy atom. The summed E-state index contributed by atoms with van der Waals surface area (Å²) in [5.74, 6) is 0.0795. The number of hydrogen-bond donors (Lipinski definition) is 2. The van der Waals surface area contributed by atoms with E-state index in [2.05, 4.69) is 27.5 Å². The molecule has 120 valence electrons. The Morgan fingerprint density at radius 2 is 2.17 bits per heavy atom. The van der Waals surface area contributed by atoms with Crippen molar-refractivity contribution in [2.45, 2.75) is 39.3 Å². The minimum Gasteiger partial charge on any atom is -0.361 e. The third-order valence-corrected chi connectivity index (χ3v) is 4.01. The lowest BCUT2D eigenvalue weighted by Gasteiger charge is -2.03. The summed E-state index contributed by atoms with van der Waals surface area (Å²) in [6.45, 7) is 3.39. The molecule has 0 saturated heterocycles. The van der Waals surface area contributed by atoms with Crippen molar-refractivity contribution >= 4 is 16.8 Å². The lowest BCUT2D eigenvalue weighted by molar-refractivity contribution is -0.121. The van der Waals surface area contributed by atoms with Crippen molar-refractivity contribution in [3.05, 3.63) is 54.0 Å². The molecule has 23 heavy (non-hydrogen) atoms. The highest BCUT2D eigenvalue weighted by Gasteiger charge is 2.06. The molecular weight excluding hydrogens is 288 g/mol. The number of carbonyl (C=O) groups excluding carboxylic acids is 1. The fourth-order valence-electron chi connectivity index (χ4n) is 2.73. The van der Waals surface area contributed by atoms with Crippen molar-refractivity contribution in [1.82, 2.24) is 20.1 Å². The lowest BCUT2D eigenvalue weighted by atomic mass is 10.1. The molecule has 0 unspecified atom stereocenters. The summed E-state index contributed by atoms with van der Waals surface area (Å²) in [6.07, 6.45) is 6.26. The predicted molar refractivity (Wildman–Crippen MR) is 91.0 cm³/mol. The predicted octanol–water partition coefficient (Wildman–Crippen LogP) is 3.02. The second-order valence-corrected chi connectivity index (χ2v) is 5.65. The van der Waals surface area contributed by atoms with Gasteiger partial charge in [-0.15, -0.1) is 0 Å². The topological polar surface area (TPSA) is 62.7 Å². The Kier molecular flexibility index (Phi) is 4.76. The third-order valence-electron chi connectivity index (χ3n) is 4.01. The summed E-state index contributed by atoms with van der Waals surface area (Å²) >= 11 is 0. The molecule has 0 bridgehead atoms. The van der Waals surface area contributed by atoms with Gasteiger partial charge in [0.2, 0.25) is 5.91 Å². The number of carbonyl (C=O) groups is 1. The summed E-state index contributed by atoms with van der Waals surface area (Å²) in [7, 11) is 0. The van der Waals surface area contributed by atoms with Gasteiger partial charge in [0, 0.05) is 36.3 Å². The van der Waals surface area contributed by atoms with Crippen molar-refractivity contribution in [2.75, 3.05) is 0 Å². The zero-order chi connectivity index (χ0) is 16.1. The average Bonchev–Trinajstić information content (AvgIpc) is 3.20. The second-order valence-electron chi connectivity index (χ2n) is 5.65. The molecular formula is C18H22N4O. The van der Waals surface area contributed by atoms with E-state index >= 15 is 0 Å². The molecule has 0 radical (unpaired) electrons. The zero-order valence-electron chi connectivity index (χ0n) is 13.4. The smallest absolute Gasteiger partial charge is 0.220 e. The number of benzene rings is 1. The maximum Gasteiger partial charge on any atom is 0.220 e. The number of nitrogens with one attached hydrogen (secondary N) is 2. The molecule has 0 aliphatic heterocycles. The molecule has 2 N–H and O–H groups in total. The molecule has 5 nitrogen and oxygen atoms in total. The van der Waals surface area contributed by atoms with Gasteiger partial charge in [0.25, 0.3) is 0 Å². The van der Waals surface area contributed by atoms with Gasteiger partial charge in [0.15, 0.2) is 0 Å². The Balaban J connectivity index is 1.44. The highest BCUT2D eigenvalue weighted by atomic mass is 16.1. The minimum absolute atomic E-state index is 0.0795. The van der Waals surface area contributed by atoms with E-state index in [0.717, 1.165) is 30.6 Å². The molecule has 0 spiro atoms. The van der Waals surface area contributed by atoms with Crippen molar-refractivity contribution in [3.8, 4) is 0 Å². The van der Waals surface area contributed by atoms with Crippen LogP contribution in [-0.2, 0) is 24.3 Å². The molecule has 2 heterocycles. The Hall–Kier alpha value is -2.56. The number of nitrogens with zero attached hydrogens (tertiary/aromatic N) is 2. The van der Waals surface area contributed by atoms with Gasteiger partial charge in [-0.3, -0.25) is 9.48 Å². The standard InChI is InChI=1S/C18H22N4O/c1-2-22-11-10-15(21-22)13-20-18(23)9-5-6-14-12-19-17-8-4-3-7-16(14)17/h3-4,7-8,10-12,19H,2,5-6,9,13H2,1H3,(H,20,23). The number of rotatable bonds is 7. The van der Waals surface area contributed by atoms with Crippen LogP contribution in [0, 0.1) is 0 Å². The van der Waals surface area contributed by atoms with Crippen LogP contribution in [0.5, 0.6) is 0 Å². The first kappa shape index (κ1) is 15.3. The summed E-state index contributed by atoms with van der Waals surface area (Å²) in [4.78, 5) is 15.2. The van der Waals surface area contributed by atoms with Crippen LogP contribution in [0.2, 0.25) is 0 Å². The van der Waals surface area contributed by atoms with Gasteiger partial charge < -0.3 is 10.3 Å². The fraction of sp³-hybridized carbons (Fsp3) is 0.333. The Labute approximate surface area is 135 Å². The molecule has 0 aliphatic rings. The number of fused-ring (bicyclic) bond motifs is 1. The van der Waals surface area contributed by atoms with Crippen LogP contribution in [0.15, 0.2) is 42.7 Å². The molecule has 0 atom stereocenters. The quantitative estimate of drug-likeness (QED) is 0.704. The van der Waals surface area contributed by atoms with E-state index < -0.39 is 0 Å². The van der Waals surface area contributed by atoms with Crippen LogP contribution in [-0.4, -0.2) is 20.7 Å². The summed E-state index contributed by atoms with van der Waals surface area (Å²) < 4.78 is 1.86. The van der Waals surface area contributed by atoms with Crippen molar-refractivity contribution in [1.29, 1.82) is 0 Å². The molecule has 3 rings (SSSR count). The summed E-state index contributed by atoms with van der Waals surface area (Å²) in [6, 6.07) is 10.2. The number of aromatic amines is 1. The number of para-hydroxylation sites is 1. The van der Waals surface area contributed by atoms with E-state index in [1.54, 1.807) is 0 Å². The van der Waals surface area contributed by atoms with E-state index in [0.29, 0.717) is 13.0 Å². The minimum atomic E-state index is 0.0795. The van der Waals surface area contributed by atoms with Gasteiger partial charge in [-0.05, 0) is 37.5 Å². The molecule has 0 saturated carbocycles. The highest BCUT2D eigenvalue weighted by molar-refractivity contribution is 5.83. The van der Waals surface area contributed by atoms with Crippen LogP contribution in [0.3, 0.4) is 0 Å². The number of aromatic nitrogens is 3. The maximum atomic E-state index is 11.9. The first-order valence-electron chi connectivity index (χ1n) is 8.10. The fourth-order valence-corrected chi connectivity index (χ4v) is 2.73. The van der Waals surface area contributed by atoms with Crippen molar-refractivity contribution < 1.29 is 4.79 Å². The van der Waals surface area contributed by atoms with E-state index in [-0.39, 0.29) is 5.91 Å². The van der Waals surface area contributed by atoms with E-state index in [9.17, 15) is 4.79 Å². The number of aryl methyl sites for hydroxylation is 2. The number of amides is 1. The summed E-state index contributed by atoms with van der Waals surface area (Å²) in [5.41, 5.74) is 3.32. The van der Waals surface area contributed by atoms with Crippen LogP contribution < -0.4 is 5.32 Å². The molecule has 3 aromatic rings. The van der Waals surface area contributed by atoms with E-state index in [4.69, 9.17) is 0 Å². The van der Waals surface area contributed by atoms with Gasteiger partial charge in [-0.2, -0.15) is 5.10 Å². The van der Waals surface area contributed by atoms with Gasteiger partial charge in [0.1, 0.15) is 0 Å². The third kappa shape index (κ3) is 3.80. The maximum absolute atomic E-state index is 11.9. The number of hydrogen-bond acceptors (Lipinski definition) is 2. The van der Waals surface area contributed by atoms with Crippen molar-refractivity contribution in [3.63, 3.8) is 0 Å². The monoisotopic (exact) mass is 310 g/mol. The van der Waals surface area contributed by atoms with Gasteiger partial charge in [-0.1, -0.05) is 18.2 Å². The first-order chi connectivity index (χ1) is 11.3. The first-order valence-corrected chi connectivity index (χ1v) is 8.10. The van der Waals surface area contributed by atoms with Crippen LogP contribution >= 0.6 is 0 Å². The normalized spacial score (nSPS) is 11.0. The number of H-pyrrole nitrogens is 1. The molecule has 2 aromatic heterocycles. The molecule has 0 aliphatic carbocycles. The lowest BCUT2D eigenvalue weighted by Crippen LogP contribution is -2.22. The van der Waals surface area contributed by atoms with Crippen molar-refractivity contribution in [2.24, 2.45) is 0 Å². The van der Waals surface area contributed by atoms with Gasteiger partial charge in [0.05, 0.1) is 12.2 Å². The largest absolute Gasteiger partial charge is 0.361 e. The SMILES string of the molecule is CCn1ccc(CNC(=O)CCCc2c[nH]c3ccccc23)n1. The van der Waals surface area contributed by atoms with E-state index in [1.165, 1.54) is 10.9 Å². The Morgan fingerprint density at radius 3 is 3.00 bits per heavy atom. The Bertz CT molecular complexity index is 787. The molecule has 1 aromatic carbocycles. The van der Waals surface area contributed by atoms with Crippen LogP contribution in [0.1, 0.15) is 31.0 Å². The van der Waals surface area contributed by atoms with Gasteiger partial charge in [-0.25, -0.2) is 0 Å². The van der Waals surface area contributed by atoms with Gasteiger partial charge >= 0.3 is 0 Å². The molecule has 1 amide bonds. The van der Waals surface area contributed by atoms with Crippen LogP contribution in [0.25, 0.3) is 10.9 Å². The molecule has 0 fully saturated rings. The average molecular weight is 310 g/mol. The summed E-state index contributed by atoms with van der Waals surface area (Å²) in [5, 5.41) is 8.53. The molecule has 5 heteroatoms.